The molecule has 0 saturated heterocycles. The Morgan fingerprint density at radius 2 is 1.15 bits per heavy atom. The van der Waals surface area contributed by atoms with Gasteiger partial charge in [0.25, 0.3) is 20.2 Å². The molecular formula is C51H58N6O9S2. The number of anilines is 4. The second-order valence-corrected chi connectivity index (χ2v) is 21.1. The maximum absolute atomic E-state index is 13.3. The Bertz CT molecular complexity index is 3250. The predicted molar refractivity (Wildman–Crippen MR) is 266 cm³/mol. The van der Waals surface area contributed by atoms with Crippen molar-refractivity contribution in [2.24, 2.45) is 4.99 Å². The zero-order chi connectivity index (χ0) is 48.7. The Hall–Kier alpha value is -6.27. The molecule has 68 heavy (non-hydrogen) atoms. The van der Waals surface area contributed by atoms with Crippen molar-refractivity contribution in [3.63, 3.8) is 0 Å². The van der Waals surface area contributed by atoms with Crippen LogP contribution in [0.25, 0.3) is 33.4 Å². The maximum Gasteiger partial charge on any atom is 0.319 e. The minimum Gasteiger partial charge on any atom is -0.456 e. The van der Waals surface area contributed by atoms with Gasteiger partial charge in [-0.15, -0.1) is 0 Å². The standard InChI is InChI=1S/C51H58N6O9S2/c1-28-23-30(3)48(56-50(58)53-34-15-9-7-10-16-34)32(5)46(28)52-36-21-22-37-41(25-36)66-42-27-40(44(68(63,64)65)26-39(42)45(37)38-19-13-14-20-43(38)67(60,61)62)55-47-29(2)24-31(4)49(33(47)6)57-51(59)54-35-17-11-8-12-18-35/h13-14,19-27,34-35,52H,7-12,15-18H2,1-6H3,(H2,53,56,58)(H2,54,57,59)(H,60,61,62)(H,63,64,65)/b55-40-. The molecule has 15 nitrogen and oxygen atoms in total. The van der Waals surface area contributed by atoms with E-state index in [2.05, 4.69) is 26.6 Å². The molecule has 0 atom stereocenters. The molecule has 0 aromatic heterocycles. The van der Waals surface area contributed by atoms with Crippen molar-refractivity contribution in [1.29, 1.82) is 0 Å². The van der Waals surface area contributed by atoms with Crippen LogP contribution in [0, 0.1) is 41.5 Å². The summed E-state index contributed by atoms with van der Waals surface area (Å²) in [4.78, 5) is 30.3. The van der Waals surface area contributed by atoms with Crippen LogP contribution in [0.15, 0.2) is 85.9 Å². The van der Waals surface area contributed by atoms with Crippen molar-refractivity contribution in [1.82, 2.24) is 10.6 Å². The molecule has 358 valence electrons. The number of nitrogens with one attached hydrogen (secondary N) is 5. The van der Waals surface area contributed by atoms with Gasteiger partial charge in [-0.25, -0.2) is 14.6 Å². The van der Waals surface area contributed by atoms with E-state index in [4.69, 9.17) is 9.41 Å². The van der Waals surface area contributed by atoms with E-state index < -0.39 is 30.0 Å². The van der Waals surface area contributed by atoms with Crippen molar-refractivity contribution in [3.8, 4) is 22.5 Å². The lowest BCUT2D eigenvalue weighted by molar-refractivity contribution is 0.243. The Labute approximate surface area is 397 Å². The average Bonchev–Trinajstić information content (AvgIpc) is 3.28. The van der Waals surface area contributed by atoms with Gasteiger partial charge < -0.3 is 31.0 Å². The topological polar surface area (TPSA) is 229 Å². The van der Waals surface area contributed by atoms with Crippen LogP contribution in [0.1, 0.15) is 97.6 Å². The van der Waals surface area contributed by atoms with E-state index in [1.807, 2.05) is 39.8 Å². The number of carbonyl (C=O) groups excluding carboxylic acids is 2. The third-order valence-corrected chi connectivity index (χ3v) is 15.1. The van der Waals surface area contributed by atoms with Gasteiger partial charge in [0.05, 0.1) is 22.4 Å². The van der Waals surface area contributed by atoms with Crippen molar-refractivity contribution in [2.75, 3.05) is 16.0 Å². The van der Waals surface area contributed by atoms with Gasteiger partial charge >= 0.3 is 12.1 Å². The number of aryl methyl sites for hydroxylation is 4. The summed E-state index contributed by atoms with van der Waals surface area (Å²) in [5.41, 5.74) is 8.02. The molecule has 17 heteroatoms. The van der Waals surface area contributed by atoms with Crippen molar-refractivity contribution in [2.45, 2.75) is 128 Å². The van der Waals surface area contributed by atoms with Crippen molar-refractivity contribution < 1.29 is 39.9 Å². The SMILES string of the molecule is Cc1cc(C)c(NC(=O)NC2CCCCC2)c(C)c1/N=c1/cc2oc3cc(Nc4c(C)cc(C)c(NC(=O)NC5CCCCC5)c4C)ccc3c(-c3ccccc3S(=O)(=O)O)c-2cc1S(=O)(=O)O. The number of hydrogen-bond acceptors (Lipinski definition) is 9. The van der Waals surface area contributed by atoms with Crippen LogP contribution in [0.5, 0.6) is 0 Å². The molecule has 7 N–H and O–H groups in total. The van der Waals surface area contributed by atoms with Gasteiger partial charge in [0.15, 0.2) is 0 Å². The van der Waals surface area contributed by atoms with Crippen molar-refractivity contribution in [3.05, 3.63) is 105 Å². The molecule has 4 aromatic carbocycles. The molecule has 4 aromatic rings. The zero-order valence-electron chi connectivity index (χ0n) is 39.1. The predicted octanol–water partition coefficient (Wildman–Crippen LogP) is 11.4. The fourth-order valence-corrected chi connectivity index (χ4v) is 11.3. The molecule has 0 radical (unpaired) electrons. The highest BCUT2D eigenvalue weighted by molar-refractivity contribution is 7.86. The normalized spacial score (nSPS) is 15.4. The fraction of sp³-hybridized carbons (Fsp3) is 0.353. The quantitative estimate of drug-likeness (QED) is 0.0507. The van der Waals surface area contributed by atoms with Crippen LogP contribution < -0.4 is 31.9 Å². The Morgan fingerprint density at radius 1 is 0.603 bits per heavy atom. The van der Waals surface area contributed by atoms with Crippen LogP contribution in [-0.2, 0) is 20.2 Å². The monoisotopic (exact) mass is 962 g/mol. The largest absolute Gasteiger partial charge is 0.456 e. The third kappa shape index (κ3) is 10.3. The molecular weight excluding hydrogens is 905 g/mol. The van der Waals surface area contributed by atoms with Gasteiger partial charge in [-0.1, -0.05) is 68.9 Å². The van der Waals surface area contributed by atoms with Crippen LogP contribution in [0.3, 0.4) is 0 Å². The summed E-state index contributed by atoms with van der Waals surface area (Å²) in [7, 11) is -9.83. The third-order valence-electron chi connectivity index (χ3n) is 13.3. The first-order valence-corrected chi connectivity index (χ1v) is 25.9. The number of benzene rings is 5. The number of nitrogens with zero attached hydrogens (tertiary/aromatic N) is 1. The lowest BCUT2D eigenvalue weighted by atomic mass is 9.93. The molecule has 1 aliphatic heterocycles. The van der Waals surface area contributed by atoms with E-state index >= 15 is 0 Å². The molecule has 4 amide bonds. The number of amides is 4. The molecule has 2 saturated carbocycles. The Balaban J connectivity index is 1.28. The fourth-order valence-electron chi connectivity index (χ4n) is 10.0. The molecule has 0 bridgehead atoms. The molecule has 2 fully saturated rings. The second-order valence-electron chi connectivity index (χ2n) is 18.3. The van der Waals surface area contributed by atoms with Gasteiger partial charge in [0.2, 0.25) is 0 Å². The van der Waals surface area contributed by atoms with Crippen LogP contribution in [-0.4, -0.2) is 50.1 Å². The number of carbonyl (C=O) groups is 2. The number of urea groups is 2. The minimum atomic E-state index is -5.01. The minimum absolute atomic E-state index is 0.0485. The van der Waals surface area contributed by atoms with E-state index in [1.54, 1.807) is 38.1 Å². The molecule has 0 unspecified atom stereocenters. The summed E-state index contributed by atoms with van der Waals surface area (Å²) in [5.74, 6) is 0.0757. The maximum atomic E-state index is 13.3. The summed E-state index contributed by atoms with van der Waals surface area (Å²) >= 11 is 0. The van der Waals surface area contributed by atoms with Crippen molar-refractivity contribution >= 4 is 71.7 Å². The van der Waals surface area contributed by atoms with E-state index in [1.165, 1.54) is 36.8 Å². The summed E-state index contributed by atoms with van der Waals surface area (Å²) in [6.07, 6.45) is 10.2. The molecule has 0 spiro atoms. The summed E-state index contributed by atoms with van der Waals surface area (Å²) in [5, 5.41) is 15.9. The lowest BCUT2D eigenvalue weighted by Gasteiger charge is -2.24. The number of rotatable bonds is 10. The molecule has 8 rings (SSSR count). The van der Waals surface area contributed by atoms with Crippen LogP contribution >= 0.6 is 0 Å². The Kier molecular flexibility index (Phi) is 13.7. The molecule has 3 aliphatic carbocycles. The Morgan fingerprint density at radius 3 is 1.74 bits per heavy atom. The highest BCUT2D eigenvalue weighted by atomic mass is 32.2. The second kappa shape index (κ2) is 19.4. The first-order valence-electron chi connectivity index (χ1n) is 23.0. The first kappa shape index (κ1) is 48.2. The highest BCUT2D eigenvalue weighted by Crippen LogP contribution is 2.44. The summed E-state index contributed by atoms with van der Waals surface area (Å²) in [6, 6.07) is 16.8. The van der Waals surface area contributed by atoms with E-state index in [9.17, 15) is 35.5 Å². The first-order chi connectivity index (χ1) is 32.3. The number of hydrogen-bond donors (Lipinski definition) is 7. The van der Waals surface area contributed by atoms with E-state index in [0.717, 1.165) is 85.7 Å². The number of fused-ring (bicyclic) bond motifs is 2. The van der Waals surface area contributed by atoms with Gasteiger partial charge in [-0.2, -0.15) is 16.8 Å². The van der Waals surface area contributed by atoms with Crippen LogP contribution in [0.2, 0.25) is 0 Å². The van der Waals surface area contributed by atoms with Gasteiger partial charge in [-0.3, -0.25) is 9.11 Å². The summed E-state index contributed by atoms with van der Waals surface area (Å²) in [6.45, 7) is 11.2. The van der Waals surface area contributed by atoms with E-state index in [0.29, 0.717) is 39.3 Å². The van der Waals surface area contributed by atoms with Gasteiger partial charge in [-0.05, 0) is 125 Å². The van der Waals surface area contributed by atoms with E-state index in [-0.39, 0.29) is 57.5 Å². The highest BCUT2D eigenvalue weighted by Gasteiger charge is 2.28. The van der Waals surface area contributed by atoms with Gasteiger partial charge in [0.1, 0.15) is 21.1 Å². The summed E-state index contributed by atoms with van der Waals surface area (Å²) < 4.78 is 80.4. The lowest BCUT2D eigenvalue weighted by Crippen LogP contribution is -2.39. The zero-order valence-corrected chi connectivity index (χ0v) is 40.7. The van der Waals surface area contributed by atoms with Crippen LogP contribution in [0.4, 0.5) is 38.0 Å². The smallest absolute Gasteiger partial charge is 0.319 e. The molecule has 4 aliphatic rings. The average molecular weight is 963 g/mol. The molecule has 1 heterocycles. The van der Waals surface area contributed by atoms with Gasteiger partial charge in [0, 0.05) is 57.7 Å².